The van der Waals surface area contributed by atoms with Gasteiger partial charge in [0, 0.05) is 64.0 Å². The highest BCUT2D eigenvalue weighted by atomic mass is 16.3. The van der Waals surface area contributed by atoms with E-state index in [2.05, 4.69) is 48.0 Å². The van der Waals surface area contributed by atoms with E-state index < -0.39 is 0 Å². The summed E-state index contributed by atoms with van der Waals surface area (Å²) >= 11 is 0. The van der Waals surface area contributed by atoms with Crippen molar-refractivity contribution in [2.75, 3.05) is 67.0 Å². The van der Waals surface area contributed by atoms with Gasteiger partial charge in [-0.3, -0.25) is 9.69 Å². The molecule has 1 N–H and O–H groups in total. The molecule has 0 aromatic heterocycles. The van der Waals surface area contributed by atoms with Gasteiger partial charge in [-0.05, 0) is 64.0 Å². The fraction of sp³-hybridized carbons (Fsp3) is 0.696. The van der Waals surface area contributed by atoms with Crippen molar-refractivity contribution < 1.29 is 9.90 Å². The quantitative estimate of drug-likeness (QED) is 0.751. The Labute approximate surface area is 176 Å². The maximum Gasteiger partial charge on any atom is 0.253 e. The molecule has 1 aromatic carbocycles. The van der Waals surface area contributed by atoms with Gasteiger partial charge in [0.15, 0.2) is 0 Å². The zero-order valence-electron chi connectivity index (χ0n) is 18.4. The molecule has 162 valence electrons. The molecule has 2 fully saturated rings. The Balaban J connectivity index is 1.58. The van der Waals surface area contributed by atoms with E-state index in [0.717, 1.165) is 70.6 Å². The van der Waals surface area contributed by atoms with Crippen LogP contribution in [0.5, 0.6) is 0 Å². The Morgan fingerprint density at radius 2 is 1.79 bits per heavy atom. The monoisotopic (exact) mass is 402 g/mol. The highest BCUT2D eigenvalue weighted by molar-refractivity contribution is 5.94. The van der Waals surface area contributed by atoms with Crippen LogP contribution in [0.3, 0.4) is 0 Å². The predicted octanol–water partition coefficient (Wildman–Crippen LogP) is 1.60. The van der Waals surface area contributed by atoms with Crippen LogP contribution >= 0.6 is 0 Å². The Kier molecular flexibility index (Phi) is 8.07. The van der Waals surface area contributed by atoms with E-state index in [1.54, 1.807) is 0 Å². The van der Waals surface area contributed by atoms with Crippen molar-refractivity contribution in [1.82, 2.24) is 19.6 Å². The number of piperazine rings is 1. The van der Waals surface area contributed by atoms with Crippen molar-refractivity contribution >= 4 is 5.91 Å². The molecule has 0 bridgehead atoms. The van der Waals surface area contributed by atoms with Gasteiger partial charge in [-0.2, -0.15) is 0 Å². The standard InChI is InChI=1S/C23H38N4O2/c1-24(2)22-10-11-27(18-21(22)5-4-16-28)23(29)20-8-6-19(7-9-20)17-26-14-12-25(3)13-15-26/h6-9,21-22,28H,4-5,10-18H2,1-3H3/t21-,22+/m0/s1. The van der Waals surface area contributed by atoms with E-state index in [1.807, 2.05) is 17.0 Å². The third-order valence-corrected chi connectivity index (χ3v) is 6.58. The number of nitrogens with zero attached hydrogens (tertiary/aromatic N) is 4. The topological polar surface area (TPSA) is 50.3 Å². The molecule has 2 aliphatic rings. The van der Waals surface area contributed by atoms with Crippen LogP contribution in [0.25, 0.3) is 0 Å². The first-order valence-corrected chi connectivity index (χ1v) is 11.0. The molecule has 29 heavy (non-hydrogen) atoms. The molecule has 2 saturated heterocycles. The number of carbonyl (C=O) groups is 1. The molecule has 6 heteroatoms. The summed E-state index contributed by atoms with van der Waals surface area (Å²) in [6.45, 7) is 7.22. The van der Waals surface area contributed by atoms with Crippen molar-refractivity contribution in [1.29, 1.82) is 0 Å². The second-order valence-corrected chi connectivity index (χ2v) is 8.97. The zero-order chi connectivity index (χ0) is 20.8. The van der Waals surface area contributed by atoms with E-state index in [-0.39, 0.29) is 12.5 Å². The normalized spacial score (nSPS) is 24.2. The predicted molar refractivity (Wildman–Crippen MR) is 117 cm³/mol. The number of benzene rings is 1. The number of likely N-dealkylation sites (tertiary alicyclic amines) is 1. The summed E-state index contributed by atoms with van der Waals surface area (Å²) in [5, 5.41) is 9.23. The Morgan fingerprint density at radius 1 is 1.10 bits per heavy atom. The van der Waals surface area contributed by atoms with Gasteiger partial charge in [-0.25, -0.2) is 0 Å². The summed E-state index contributed by atoms with van der Waals surface area (Å²) in [4.78, 5) is 22.2. The lowest BCUT2D eigenvalue weighted by Gasteiger charge is -2.41. The number of piperidine rings is 1. The maximum absolute atomic E-state index is 13.1. The number of carbonyl (C=O) groups excluding carboxylic acids is 1. The molecule has 0 aliphatic carbocycles. The van der Waals surface area contributed by atoms with Crippen LogP contribution in [-0.2, 0) is 6.54 Å². The van der Waals surface area contributed by atoms with Gasteiger partial charge in [-0.1, -0.05) is 12.1 Å². The molecule has 0 spiro atoms. The molecule has 0 saturated carbocycles. The molecular weight excluding hydrogens is 364 g/mol. The number of aliphatic hydroxyl groups excluding tert-OH is 1. The lowest BCUT2D eigenvalue weighted by Crippen LogP contribution is -2.50. The average Bonchev–Trinajstić information content (AvgIpc) is 2.73. The first-order chi connectivity index (χ1) is 14.0. The highest BCUT2D eigenvalue weighted by Crippen LogP contribution is 2.26. The molecule has 0 radical (unpaired) electrons. The Morgan fingerprint density at radius 3 is 2.41 bits per heavy atom. The van der Waals surface area contributed by atoms with Crippen LogP contribution in [0.15, 0.2) is 24.3 Å². The van der Waals surface area contributed by atoms with Crippen molar-refractivity contribution in [2.24, 2.45) is 5.92 Å². The van der Waals surface area contributed by atoms with Crippen molar-refractivity contribution in [2.45, 2.75) is 31.8 Å². The smallest absolute Gasteiger partial charge is 0.253 e. The molecule has 6 nitrogen and oxygen atoms in total. The minimum absolute atomic E-state index is 0.141. The van der Waals surface area contributed by atoms with Crippen LogP contribution in [0, 0.1) is 5.92 Å². The van der Waals surface area contributed by atoms with Crippen molar-refractivity contribution in [3.63, 3.8) is 0 Å². The van der Waals surface area contributed by atoms with E-state index in [1.165, 1.54) is 5.56 Å². The molecule has 3 rings (SSSR count). The van der Waals surface area contributed by atoms with Gasteiger partial charge in [0.25, 0.3) is 5.91 Å². The molecule has 0 unspecified atom stereocenters. The summed E-state index contributed by atoms with van der Waals surface area (Å²) < 4.78 is 0. The summed E-state index contributed by atoms with van der Waals surface area (Å²) in [6, 6.07) is 8.70. The zero-order valence-corrected chi connectivity index (χ0v) is 18.4. The molecule has 1 aromatic rings. The molecule has 2 atom stereocenters. The second kappa shape index (κ2) is 10.5. The lowest BCUT2D eigenvalue weighted by atomic mass is 9.87. The molecule has 2 aliphatic heterocycles. The molecule has 1 amide bonds. The Hall–Kier alpha value is -1.47. The van der Waals surface area contributed by atoms with Gasteiger partial charge in [-0.15, -0.1) is 0 Å². The van der Waals surface area contributed by atoms with E-state index in [4.69, 9.17) is 0 Å². The second-order valence-electron chi connectivity index (χ2n) is 8.97. The molecule has 2 heterocycles. The van der Waals surface area contributed by atoms with Crippen molar-refractivity contribution in [3.05, 3.63) is 35.4 Å². The van der Waals surface area contributed by atoms with Gasteiger partial charge in [0.2, 0.25) is 0 Å². The van der Waals surface area contributed by atoms with E-state index in [0.29, 0.717) is 12.0 Å². The van der Waals surface area contributed by atoms with Crippen LogP contribution in [0.2, 0.25) is 0 Å². The number of rotatable bonds is 7. The number of hydrogen-bond acceptors (Lipinski definition) is 5. The minimum atomic E-state index is 0.141. The van der Waals surface area contributed by atoms with Gasteiger partial charge in [0.05, 0.1) is 0 Å². The number of aliphatic hydroxyl groups is 1. The van der Waals surface area contributed by atoms with Gasteiger partial charge >= 0.3 is 0 Å². The Bertz CT molecular complexity index is 641. The summed E-state index contributed by atoms with van der Waals surface area (Å²) in [5.41, 5.74) is 2.06. The minimum Gasteiger partial charge on any atom is -0.396 e. The van der Waals surface area contributed by atoms with Gasteiger partial charge in [0.1, 0.15) is 0 Å². The SMILES string of the molecule is CN1CCN(Cc2ccc(C(=O)N3CC[C@@H](N(C)C)[C@@H](CCCO)C3)cc2)CC1. The largest absolute Gasteiger partial charge is 0.396 e. The van der Waals surface area contributed by atoms with Gasteiger partial charge < -0.3 is 19.8 Å². The third kappa shape index (κ3) is 6.01. The van der Waals surface area contributed by atoms with Crippen LogP contribution in [0.1, 0.15) is 35.2 Å². The van der Waals surface area contributed by atoms with E-state index in [9.17, 15) is 9.90 Å². The number of hydrogen-bond donors (Lipinski definition) is 1. The molecular formula is C23H38N4O2. The fourth-order valence-electron chi connectivity index (χ4n) is 4.72. The third-order valence-electron chi connectivity index (χ3n) is 6.58. The van der Waals surface area contributed by atoms with Crippen LogP contribution in [0.4, 0.5) is 0 Å². The van der Waals surface area contributed by atoms with Crippen LogP contribution in [-0.4, -0.2) is 104 Å². The highest BCUT2D eigenvalue weighted by Gasteiger charge is 2.32. The van der Waals surface area contributed by atoms with Crippen molar-refractivity contribution in [3.8, 4) is 0 Å². The lowest BCUT2D eigenvalue weighted by molar-refractivity contribution is 0.0495. The summed E-state index contributed by atoms with van der Waals surface area (Å²) in [5.74, 6) is 0.564. The summed E-state index contributed by atoms with van der Waals surface area (Å²) in [7, 11) is 6.41. The first kappa shape index (κ1) is 22.2. The maximum atomic E-state index is 13.1. The number of likely N-dealkylation sites (N-methyl/N-ethyl adjacent to an activating group) is 1. The van der Waals surface area contributed by atoms with E-state index >= 15 is 0 Å². The fourth-order valence-corrected chi connectivity index (χ4v) is 4.72. The number of amides is 1. The van der Waals surface area contributed by atoms with Crippen LogP contribution < -0.4 is 0 Å². The first-order valence-electron chi connectivity index (χ1n) is 11.0. The average molecular weight is 403 g/mol. The summed E-state index contributed by atoms with van der Waals surface area (Å²) in [6.07, 6.45) is 2.77.